The van der Waals surface area contributed by atoms with Crippen molar-refractivity contribution in [1.82, 2.24) is 4.90 Å². The third kappa shape index (κ3) is 2.97. The highest BCUT2D eigenvalue weighted by Gasteiger charge is 2.47. The lowest BCUT2D eigenvalue weighted by atomic mass is 9.85. The van der Waals surface area contributed by atoms with Gasteiger partial charge < -0.3 is 5.11 Å². The van der Waals surface area contributed by atoms with Crippen molar-refractivity contribution in [2.75, 3.05) is 6.54 Å². The first-order valence-corrected chi connectivity index (χ1v) is 7.89. The zero-order valence-electron chi connectivity index (χ0n) is 12.5. The fourth-order valence-corrected chi connectivity index (χ4v) is 3.33. The number of imide groups is 1. The quantitative estimate of drug-likeness (QED) is 0.667. The Balaban J connectivity index is 1.56. The summed E-state index contributed by atoms with van der Waals surface area (Å²) in [6.45, 7) is 0.123. The first-order valence-electron chi connectivity index (χ1n) is 7.89. The van der Waals surface area contributed by atoms with E-state index in [4.69, 9.17) is 0 Å². The van der Waals surface area contributed by atoms with E-state index in [0.29, 0.717) is 19.3 Å². The third-order valence-corrected chi connectivity index (χ3v) is 4.60. The van der Waals surface area contributed by atoms with Gasteiger partial charge in [0.25, 0.3) is 0 Å². The molecular formula is C18H21NO3. The largest absolute Gasteiger partial charge is 0.391 e. The van der Waals surface area contributed by atoms with Crippen LogP contribution in [0.25, 0.3) is 0 Å². The molecule has 1 aliphatic heterocycles. The number of carbonyl (C=O) groups is 2. The molecule has 1 heterocycles. The van der Waals surface area contributed by atoms with Gasteiger partial charge in [-0.1, -0.05) is 42.5 Å². The van der Waals surface area contributed by atoms with E-state index in [9.17, 15) is 14.7 Å². The van der Waals surface area contributed by atoms with Gasteiger partial charge in [0, 0.05) is 0 Å². The van der Waals surface area contributed by atoms with Crippen molar-refractivity contribution in [3.8, 4) is 0 Å². The molecule has 0 bridgehead atoms. The van der Waals surface area contributed by atoms with E-state index >= 15 is 0 Å². The van der Waals surface area contributed by atoms with Crippen LogP contribution in [0.4, 0.5) is 0 Å². The zero-order valence-corrected chi connectivity index (χ0v) is 12.5. The van der Waals surface area contributed by atoms with Crippen LogP contribution in [0.3, 0.4) is 0 Å². The van der Waals surface area contributed by atoms with Crippen LogP contribution in [0.15, 0.2) is 42.5 Å². The second kappa shape index (κ2) is 6.44. The molecule has 4 nitrogen and oxygen atoms in total. The van der Waals surface area contributed by atoms with E-state index in [0.717, 1.165) is 12.0 Å². The average molecular weight is 299 g/mol. The van der Waals surface area contributed by atoms with Gasteiger partial charge in [-0.05, 0) is 31.2 Å². The molecule has 4 heteroatoms. The van der Waals surface area contributed by atoms with E-state index in [1.807, 2.05) is 42.5 Å². The number of aryl methyl sites for hydroxylation is 1. The van der Waals surface area contributed by atoms with Crippen molar-refractivity contribution >= 4 is 11.8 Å². The zero-order chi connectivity index (χ0) is 15.5. The van der Waals surface area contributed by atoms with Crippen LogP contribution in [0, 0.1) is 11.8 Å². The molecule has 2 amide bonds. The second-order valence-corrected chi connectivity index (χ2v) is 6.12. The number of allylic oxidation sites excluding steroid dienone is 2. The maximum atomic E-state index is 12.3. The highest BCUT2D eigenvalue weighted by atomic mass is 16.3. The molecule has 0 saturated carbocycles. The molecule has 1 saturated heterocycles. The number of β-amino-alcohol motifs (C(OH)–C–C–N with tert-alkyl or cyclic N) is 1. The average Bonchev–Trinajstić information content (AvgIpc) is 2.79. The molecule has 1 aromatic rings. The summed E-state index contributed by atoms with van der Waals surface area (Å²) in [5.41, 5.74) is 1.15. The Kier molecular flexibility index (Phi) is 4.39. The number of hydrogen-bond acceptors (Lipinski definition) is 3. The summed E-state index contributed by atoms with van der Waals surface area (Å²) in [6.07, 6.45) is 5.86. The molecule has 116 valence electrons. The van der Waals surface area contributed by atoms with Crippen LogP contribution in [0.5, 0.6) is 0 Å². The number of likely N-dealkylation sites (tertiary alicyclic amines) is 1. The van der Waals surface area contributed by atoms with Gasteiger partial charge in [-0.15, -0.1) is 0 Å². The highest BCUT2D eigenvalue weighted by Crippen LogP contribution is 2.35. The smallest absolute Gasteiger partial charge is 0.233 e. The topological polar surface area (TPSA) is 57.6 Å². The summed E-state index contributed by atoms with van der Waals surface area (Å²) in [5, 5.41) is 10.2. The molecular weight excluding hydrogens is 278 g/mol. The molecule has 2 aliphatic rings. The van der Waals surface area contributed by atoms with Gasteiger partial charge in [-0.3, -0.25) is 14.5 Å². The number of hydrogen-bond donors (Lipinski definition) is 1. The molecule has 3 rings (SSSR count). The monoisotopic (exact) mass is 299 g/mol. The van der Waals surface area contributed by atoms with Gasteiger partial charge >= 0.3 is 0 Å². The number of aliphatic hydroxyl groups excluding tert-OH is 1. The van der Waals surface area contributed by atoms with Crippen molar-refractivity contribution < 1.29 is 14.7 Å². The number of benzene rings is 1. The molecule has 1 fully saturated rings. The van der Waals surface area contributed by atoms with E-state index in [1.54, 1.807) is 0 Å². The Bertz CT molecular complexity index is 555. The van der Waals surface area contributed by atoms with Crippen LogP contribution < -0.4 is 0 Å². The van der Waals surface area contributed by atoms with Crippen LogP contribution in [-0.4, -0.2) is 34.5 Å². The molecule has 0 aromatic heterocycles. The molecule has 1 N–H and O–H groups in total. The molecule has 1 aromatic carbocycles. The van der Waals surface area contributed by atoms with Crippen molar-refractivity contribution in [3.63, 3.8) is 0 Å². The SMILES string of the molecule is O=C1C2CC=CCC2C(=O)N1CC(O)CCc1ccccc1. The molecule has 22 heavy (non-hydrogen) atoms. The molecule has 1 aliphatic carbocycles. The summed E-state index contributed by atoms with van der Waals surface area (Å²) in [7, 11) is 0. The molecule has 3 atom stereocenters. The Morgan fingerprint density at radius 2 is 1.64 bits per heavy atom. The fourth-order valence-electron chi connectivity index (χ4n) is 3.33. The molecule has 3 unspecified atom stereocenters. The van der Waals surface area contributed by atoms with Crippen LogP contribution in [-0.2, 0) is 16.0 Å². The van der Waals surface area contributed by atoms with Crippen molar-refractivity contribution in [1.29, 1.82) is 0 Å². The number of nitrogens with zero attached hydrogens (tertiary/aromatic N) is 1. The summed E-state index contributed by atoms with van der Waals surface area (Å²) >= 11 is 0. The Labute approximate surface area is 130 Å². The standard InChI is InChI=1S/C18H21NO3/c20-14(11-10-13-6-2-1-3-7-13)12-19-17(21)15-8-4-5-9-16(15)18(19)22/h1-7,14-16,20H,8-12H2. The van der Waals surface area contributed by atoms with E-state index in [1.165, 1.54) is 4.90 Å². The van der Waals surface area contributed by atoms with Crippen molar-refractivity contribution in [3.05, 3.63) is 48.0 Å². The Morgan fingerprint density at radius 3 is 2.23 bits per heavy atom. The van der Waals surface area contributed by atoms with Gasteiger partial charge in [-0.25, -0.2) is 0 Å². The minimum atomic E-state index is -0.666. The normalized spacial score (nSPS) is 25.4. The van der Waals surface area contributed by atoms with Crippen molar-refractivity contribution in [2.24, 2.45) is 11.8 Å². The minimum Gasteiger partial charge on any atom is -0.391 e. The first kappa shape index (κ1) is 15.0. The van der Waals surface area contributed by atoms with Crippen LogP contribution in [0.2, 0.25) is 0 Å². The van der Waals surface area contributed by atoms with E-state index < -0.39 is 6.10 Å². The lowest BCUT2D eigenvalue weighted by molar-refractivity contribution is -0.141. The Hall–Kier alpha value is -1.94. The van der Waals surface area contributed by atoms with Crippen LogP contribution >= 0.6 is 0 Å². The number of rotatable bonds is 5. The molecule has 0 radical (unpaired) electrons. The number of aliphatic hydroxyl groups is 1. The lowest BCUT2D eigenvalue weighted by Gasteiger charge is -2.19. The van der Waals surface area contributed by atoms with Gasteiger partial charge in [-0.2, -0.15) is 0 Å². The molecule has 0 spiro atoms. The summed E-state index contributed by atoms with van der Waals surface area (Å²) in [4.78, 5) is 25.9. The minimum absolute atomic E-state index is 0.113. The first-order chi connectivity index (χ1) is 10.7. The predicted octanol–water partition coefficient (Wildman–Crippen LogP) is 1.93. The highest BCUT2D eigenvalue weighted by molar-refractivity contribution is 6.05. The predicted molar refractivity (Wildman–Crippen MR) is 82.8 cm³/mol. The van der Waals surface area contributed by atoms with E-state index in [2.05, 4.69) is 0 Å². The van der Waals surface area contributed by atoms with Gasteiger partial charge in [0.1, 0.15) is 0 Å². The maximum absolute atomic E-state index is 12.3. The van der Waals surface area contributed by atoms with Gasteiger partial charge in [0.05, 0.1) is 24.5 Å². The second-order valence-electron chi connectivity index (χ2n) is 6.12. The van der Waals surface area contributed by atoms with Gasteiger partial charge in [0.15, 0.2) is 0 Å². The summed E-state index contributed by atoms with van der Waals surface area (Å²) in [6, 6.07) is 9.91. The maximum Gasteiger partial charge on any atom is 0.233 e. The summed E-state index contributed by atoms with van der Waals surface area (Å²) < 4.78 is 0. The summed E-state index contributed by atoms with van der Waals surface area (Å²) in [5.74, 6) is -0.645. The lowest BCUT2D eigenvalue weighted by Crippen LogP contribution is -2.38. The fraction of sp³-hybridized carbons (Fsp3) is 0.444. The number of fused-ring (bicyclic) bond motifs is 1. The van der Waals surface area contributed by atoms with Gasteiger partial charge in [0.2, 0.25) is 11.8 Å². The Morgan fingerprint density at radius 1 is 1.05 bits per heavy atom. The number of amides is 2. The number of carbonyl (C=O) groups excluding carboxylic acids is 2. The third-order valence-electron chi connectivity index (χ3n) is 4.60. The van der Waals surface area contributed by atoms with Crippen LogP contribution in [0.1, 0.15) is 24.8 Å². The van der Waals surface area contributed by atoms with Crippen molar-refractivity contribution in [2.45, 2.75) is 31.8 Å². The van der Waals surface area contributed by atoms with E-state index in [-0.39, 0.29) is 30.2 Å².